The summed E-state index contributed by atoms with van der Waals surface area (Å²) in [5.74, 6) is 0.749. The lowest BCUT2D eigenvalue weighted by Gasteiger charge is -2.08. The van der Waals surface area contributed by atoms with Crippen LogP contribution >= 0.6 is 12.2 Å². The number of benzene rings is 3. The first-order valence-electron chi connectivity index (χ1n) is 10.7. The van der Waals surface area contributed by atoms with Crippen molar-refractivity contribution in [3.05, 3.63) is 83.9 Å². The number of nitrogens with one attached hydrogen (secondary N) is 2. The van der Waals surface area contributed by atoms with Crippen molar-refractivity contribution < 1.29 is 22.6 Å². The van der Waals surface area contributed by atoms with Gasteiger partial charge in [-0.15, -0.1) is 13.2 Å². The van der Waals surface area contributed by atoms with Gasteiger partial charge in [0.1, 0.15) is 23.7 Å². The molecule has 0 bridgehead atoms. The minimum atomic E-state index is -4.73. The number of alkyl halides is 3. The molecule has 3 aromatic carbocycles. The SMILES string of the molecule is CCOc1ccc(NC(N)=S)cc1.N=Cc1ccc(C(N)=NC=Nc2ccc(OC(F)(F)F)cc2)cc1. The van der Waals surface area contributed by atoms with Crippen LogP contribution in [0.3, 0.4) is 0 Å². The van der Waals surface area contributed by atoms with Gasteiger partial charge in [-0.05, 0) is 73.2 Å². The van der Waals surface area contributed by atoms with Crippen LogP contribution in [0.1, 0.15) is 18.1 Å². The Kier molecular flexibility index (Phi) is 11.0. The molecule has 0 saturated carbocycles. The van der Waals surface area contributed by atoms with Gasteiger partial charge in [0.2, 0.25) is 0 Å². The van der Waals surface area contributed by atoms with Crippen molar-refractivity contribution >= 4 is 47.1 Å². The third-order valence-electron chi connectivity index (χ3n) is 4.28. The third kappa shape index (κ3) is 11.2. The summed E-state index contributed by atoms with van der Waals surface area (Å²) in [5, 5.41) is 10.2. The van der Waals surface area contributed by atoms with Gasteiger partial charge >= 0.3 is 6.36 Å². The molecule has 37 heavy (non-hydrogen) atoms. The summed E-state index contributed by atoms with van der Waals surface area (Å²) in [5.41, 5.74) is 13.8. The lowest BCUT2D eigenvalue weighted by Crippen LogP contribution is -2.18. The average molecular weight is 531 g/mol. The second-order valence-corrected chi connectivity index (χ2v) is 7.45. The van der Waals surface area contributed by atoms with E-state index in [1.165, 1.54) is 24.7 Å². The van der Waals surface area contributed by atoms with Gasteiger partial charge in [0.05, 0.1) is 12.3 Å². The highest BCUT2D eigenvalue weighted by Crippen LogP contribution is 2.24. The van der Waals surface area contributed by atoms with Crippen LogP contribution in [-0.4, -0.2) is 36.5 Å². The molecule has 6 N–H and O–H groups in total. The molecular weight excluding hydrogens is 505 g/mol. The van der Waals surface area contributed by atoms with E-state index in [1.807, 2.05) is 31.2 Å². The molecule has 0 aliphatic heterocycles. The van der Waals surface area contributed by atoms with Crippen LogP contribution < -0.4 is 26.3 Å². The van der Waals surface area contributed by atoms with Crippen LogP contribution in [0, 0.1) is 5.41 Å². The number of hydrogen-bond donors (Lipinski definition) is 4. The van der Waals surface area contributed by atoms with Gasteiger partial charge in [-0.3, -0.25) is 0 Å². The molecule has 0 atom stereocenters. The number of thiocarbonyl (C=S) groups is 1. The molecule has 0 aliphatic carbocycles. The fourth-order valence-electron chi connectivity index (χ4n) is 2.66. The number of rotatable bonds is 8. The number of hydrogen-bond acceptors (Lipinski definition) is 5. The topological polar surface area (TPSA) is 131 Å². The van der Waals surface area contributed by atoms with Crippen molar-refractivity contribution in [3.63, 3.8) is 0 Å². The number of ether oxygens (including phenoxy) is 2. The highest BCUT2D eigenvalue weighted by atomic mass is 32.1. The zero-order valence-electron chi connectivity index (χ0n) is 19.7. The number of nitrogens with two attached hydrogens (primary N) is 2. The summed E-state index contributed by atoms with van der Waals surface area (Å²) < 4.78 is 45.2. The molecule has 8 nitrogen and oxygen atoms in total. The first kappa shape index (κ1) is 28.8. The number of anilines is 1. The van der Waals surface area contributed by atoms with E-state index in [0.717, 1.165) is 29.1 Å². The predicted molar refractivity (Wildman–Crippen MR) is 144 cm³/mol. The van der Waals surface area contributed by atoms with Gasteiger partial charge < -0.3 is 31.7 Å². The van der Waals surface area contributed by atoms with E-state index >= 15 is 0 Å². The first-order chi connectivity index (χ1) is 17.6. The van der Waals surface area contributed by atoms with Crippen LogP contribution in [0.4, 0.5) is 24.5 Å². The standard InChI is InChI=1S/C16H13F3N4O.C9H12N2OS/c17-16(18,19)24-14-7-5-13(6-8-14)22-10-23-15(21)12-3-1-11(9-20)2-4-12;1-2-12-8-5-3-7(4-6-8)11-9(10)13/h1-10,20H,(H2,21,22,23);3-6H,2H2,1H3,(H3,10,11,13). The Morgan fingerprint density at radius 3 is 2.08 bits per heavy atom. The van der Waals surface area contributed by atoms with Crippen molar-refractivity contribution in [1.82, 2.24) is 0 Å². The Labute approximate surface area is 217 Å². The fourth-order valence-corrected chi connectivity index (χ4v) is 2.78. The minimum absolute atomic E-state index is 0.229. The van der Waals surface area contributed by atoms with E-state index in [9.17, 15) is 13.2 Å². The number of aliphatic imine (C=N–C) groups is 2. The van der Waals surface area contributed by atoms with E-state index in [2.05, 4.69) is 20.0 Å². The second kappa shape index (κ2) is 14.2. The normalized spacial score (nSPS) is 11.3. The molecular formula is C25H25F3N6O2S. The van der Waals surface area contributed by atoms with Crippen LogP contribution in [0.25, 0.3) is 0 Å². The van der Waals surface area contributed by atoms with Gasteiger partial charge in [0, 0.05) is 17.5 Å². The Morgan fingerprint density at radius 1 is 0.973 bits per heavy atom. The van der Waals surface area contributed by atoms with Gasteiger partial charge in [-0.25, -0.2) is 9.98 Å². The predicted octanol–water partition coefficient (Wildman–Crippen LogP) is 5.39. The smallest absolute Gasteiger partial charge is 0.494 e. The van der Waals surface area contributed by atoms with Gasteiger partial charge in [0.25, 0.3) is 0 Å². The Balaban J connectivity index is 0.000000312. The molecule has 3 rings (SSSR count). The molecule has 0 fully saturated rings. The van der Waals surface area contributed by atoms with Crippen LogP contribution in [0.15, 0.2) is 82.8 Å². The highest BCUT2D eigenvalue weighted by molar-refractivity contribution is 7.80. The second-order valence-electron chi connectivity index (χ2n) is 7.01. The van der Waals surface area contributed by atoms with E-state index in [-0.39, 0.29) is 16.7 Å². The van der Waals surface area contributed by atoms with Crippen molar-refractivity contribution in [3.8, 4) is 11.5 Å². The van der Waals surface area contributed by atoms with Crippen molar-refractivity contribution in [2.45, 2.75) is 13.3 Å². The van der Waals surface area contributed by atoms with Gasteiger partial charge in [0.15, 0.2) is 5.11 Å². The lowest BCUT2D eigenvalue weighted by molar-refractivity contribution is -0.274. The van der Waals surface area contributed by atoms with Gasteiger partial charge in [-0.2, -0.15) is 0 Å². The molecule has 0 amide bonds. The van der Waals surface area contributed by atoms with E-state index in [4.69, 9.17) is 33.8 Å². The summed E-state index contributed by atoms with van der Waals surface area (Å²) in [6, 6.07) is 19.4. The Morgan fingerprint density at radius 2 is 1.57 bits per heavy atom. The molecule has 0 radical (unpaired) electrons. The molecule has 12 heteroatoms. The maximum Gasteiger partial charge on any atom is 0.573 e. The van der Waals surface area contributed by atoms with Crippen molar-refractivity contribution in [2.75, 3.05) is 11.9 Å². The minimum Gasteiger partial charge on any atom is -0.494 e. The summed E-state index contributed by atoms with van der Waals surface area (Å²) in [4.78, 5) is 7.94. The lowest BCUT2D eigenvalue weighted by atomic mass is 10.1. The average Bonchev–Trinajstić information content (AvgIpc) is 2.86. The quantitative estimate of drug-likeness (QED) is 0.175. The van der Waals surface area contributed by atoms with Crippen LogP contribution in [0.2, 0.25) is 0 Å². The third-order valence-corrected chi connectivity index (χ3v) is 4.38. The maximum atomic E-state index is 12.0. The first-order valence-corrected chi connectivity index (χ1v) is 11.1. The Bertz CT molecular complexity index is 1210. The summed E-state index contributed by atoms with van der Waals surface area (Å²) in [6.07, 6.45) is -2.30. The number of nitrogens with zero attached hydrogens (tertiary/aromatic N) is 2. The molecule has 0 aromatic heterocycles. The largest absolute Gasteiger partial charge is 0.573 e. The zero-order chi connectivity index (χ0) is 27.3. The molecule has 0 unspecified atom stereocenters. The van der Waals surface area contributed by atoms with Crippen molar-refractivity contribution in [2.24, 2.45) is 21.5 Å². The molecule has 0 heterocycles. The molecule has 0 saturated heterocycles. The Hall–Kier alpha value is -4.45. The number of amidine groups is 1. The fraction of sp³-hybridized carbons (Fsp3) is 0.120. The highest BCUT2D eigenvalue weighted by Gasteiger charge is 2.30. The summed E-state index contributed by atoms with van der Waals surface area (Å²) in [7, 11) is 0. The van der Waals surface area contributed by atoms with E-state index in [1.54, 1.807) is 24.3 Å². The molecule has 194 valence electrons. The van der Waals surface area contributed by atoms with Crippen LogP contribution in [-0.2, 0) is 0 Å². The monoisotopic (exact) mass is 530 g/mol. The summed E-state index contributed by atoms with van der Waals surface area (Å²) in [6.45, 7) is 2.61. The molecule has 0 aliphatic rings. The maximum absolute atomic E-state index is 12.0. The van der Waals surface area contributed by atoms with Gasteiger partial charge in [-0.1, -0.05) is 24.3 Å². The van der Waals surface area contributed by atoms with Crippen LogP contribution in [0.5, 0.6) is 11.5 Å². The summed E-state index contributed by atoms with van der Waals surface area (Å²) >= 11 is 4.70. The molecule has 3 aromatic rings. The van der Waals surface area contributed by atoms with E-state index < -0.39 is 6.36 Å². The zero-order valence-corrected chi connectivity index (χ0v) is 20.5. The van der Waals surface area contributed by atoms with E-state index in [0.29, 0.717) is 17.9 Å². The van der Waals surface area contributed by atoms with Crippen molar-refractivity contribution in [1.29, 1.82) is 5.41 Å². The number of halogens is 3. The molecule has 0 spiro atoms.